The van der Waals surface area contributed by atoms with Crippen molar-refractivity contribution in [3.63, 3.8) is 0 Å². The lowest BCUT2D eigenvalue weighted by atomic mass is 10.1. The highest BCUT2D eigenvalue weighted by Crippen LogP contribution is 2.34. The van der Waals surface area contributed by atoms with E-state index in [0.29, 0.717) is 15.7 Å². The number of benzene rings is 2. The minimum atomic E-state index is -0.499. The van der Waals surface area contributed by atoms with Gasteiger partial charge >= 0.3 is 0 Å². The summed E-state index contributed by atoms with van der Waals surface area (Å²) in [6.07, 6.45) is 1.52. The van der Waals surface area contributed by atoms with E-state index in [2.05, 4.69) is 10.2 Å². The lowest BCUT2D eigenvalue weighted by Crippen LogP contribution is -2.26. The molecule has 3 rings (SSSR count). The number of amides is 1. The van der Waals surface area contributed by atoms with E-state index in [1.165, 1.54) is 17.3 Å². The summed E-state index contributed by atoms with van der Waals surface area (Å²) < 4.78 is 1.67. The number of nitrogens with zero attached hydrogens (tertiary/aromatic N) is 5. The molecule has 1 heterocycles. The second-order valence-electron chi connectivity index (χ2n) is 5.97. The van der Waals surface area contributed by atoms with Crippen molar-refractivity contribution in [2.45, 2.75) is 17.0 Å². The fourth-order valence-electron chi connectivity index (χ4n) is 2.42. The van der Waals surface area contributed by atoms with Crippen molar-refractivity contribution in [1.82, 2.24) is 14.8 Å². The first-order chi connectivity index (χ1) is 12.9. The van der Waals surface area contributed by atoms with E-state index in [1.54, 1.807) is 30.8 Å². The van der Waals surface area contributed by atoms with E-state index in [4.69, 9.17) is 0 Å². The molecule has 0 unspecified atom stereocenters. The summed E-state index contributed by atoms with van der Waals surface area (Å²) in [5, 5.41) is 19.7. The van der Waals surface area contributed by atoms with Crippen LogP contribution < -0.4 is 4.90 Å². The lowest BCUT2D eigenvalue weighted by molar-refractivity contribution is -0.387. The van der Waals surface area contributed by atoms with E-state index in [-0.39, 0.29) is 17.2 Å². The molecule has 0 aliphatic carbocycles. The first-order valence-corrected chi connectivity index (χ1v) is 8.83. The Kier molecular flexibility index (Phi) is 5.22. The van der Waals surface area contributed by atoms with Gasteiger partial charge in [0, 0.05) is 31.4 Å². The van der Waals surface area contributed by atoms with Crippen LogP contribution in [0.25, 0.3) is 0 Å². The molecule has 0 aliphatic heterocycles. The molecule has 0 aliphatic rings. The van der Waals surface area contributed by atoms with Crippen LogP contribution in [0.2, 0.25) is 0 Å². The van der Waals surface area contributed by atoms with Gasteiger partial charge in [0.05, 0.1) is 9.82 Å². The van der Waals surface area contributed by atoms with Crippen molar-refractivity contribution in [3.05, 3.63) is 70.0 Å². The second-order valence-corrected chi connectivity index (χ2v) is 6.97. The molecule has 0 atom stereocenters. The van der Waals surface area contributed by atoms with Gasteiger partial charge in [0.2, 0.25) is 0 Å². The number of carbonyl (C=O) groups is 1. The summed E-state index contributed by atoms with van der Waals surface area (Å²) in [7, 11) is 3.39. The Bertz CT molecular complexity index is 1000. The minimum Gasteiger partial charge on any atom is -0.311 e. The average Bonchev–Trinajstić information content (AvgIpc) is 3.06. The third-order valence-corrected chi connectivity index (χ3v) is 5.12. The highest BCUT2D eigenvalue weighted by molar-refractivity contribution is 7.99. The molecule has 0 radical (unpaired) electrons. The van der Waals surface area contributed by atoms with Crippen molar-refractivity contribution in [2.75, 3.05) is 11.9 Å². The van der Waals surface area contributed by atoms with Gasteiger partial charge in [-0.1, -0.05) is 17.7 Å². The number of carbonyl (C=O) groups excluding carboxylic acids is 1. The van der Waals surface area contributed by atoms with E-state index in [0.717, 1.165) is 17.3 Å². The van der Waals surface area contributed by atoms with E-state index >= 15 is 0 Å². The third kappa shape index (κ3) is 3.98. The molecule has 0 saturated heterocycles. The topological polar surface area (TPSA) is 94.2 Å². The van der Waals surface area contributed by atoms with Gasteiger partial charge in [0.25, 0.3) is 11.6 Å². The molecule has 1 aromatic heterocycles. The number of aryl methyl sites for hydroxylation is 2. The van der Waals surface area contributed by atoms with Gasteiger partial charge in [-0.25, -0.2) is 0 Å². The number of hydrogen-bond donors (Lipinski definition) is 0. The number of nitro benzene ring substituents is 1. The van der Waals surface area contributed by atoms with E-state index in [1.807, 2.05) is 31.2 Å². The van der Waals surface area contributed by atoms with Gasteiger partial charge in [0.1, 0.15) is 6.33 Å². The molecule has 27 heavy (non-hydrogen) atoms. The van der Waals surface area contributed by atoms with Crippen LogP contribution in [0, 0.1) is 17.0 Å². The van der Waals surface area contributed by atoms with Crippen molar-refractivity contribution >= 4 is 29.0 Å². The fraction of sp³-hybridized carbons (Fsp3) is 0.167. The summed E-state index contributed by atoms with van der Waals surface area (Å²) in [6.45, 7) is 1.96. The molecule has 9 heteroatoms. The van der Waals surface area contributed by atoms with Gasteiger partial charge in [-0.15, -0.1) is 10.2 Å². The van der Waals surface area contributed by atoms with Crippen molar-refractivity contribution in [1.29, 1.82) is 0 Å². The predicted molar refractivity (Wildman–Crippen MR) is 102 cm³/mol. The fourth-order valence-corrected chi connectivity index (χ4v) is 3.27. The molecular formula is C18H17N5O3S. The van der Waals surface area contributed by atoms with Gasteiger partial charge in [-0.3, -0.25) is 14.9 Å². The maximum atomic E-state index is 12.8. The summed E-state index contributed by atoms with van der Waals surface area (Å²) >= 11 is 1.13. The van der Waals surface area contributed by atoms with Crippen LogP contribution in [0.5, 0.6) is 0 Å². The van der Waals surface area contributed by atoms with E-state index < -0.39 is 4.92 Å². The number of anilines is 1. The molecule has 0 spiro atoms. The standard InChI is InChI=1S/C18H17N5O3S/c1-12-4-7-14(8-5-12)22(3)17(24)13-6-9-16(15(10-13)23(25)26)27-18-20-19-11-21(18)2/h4-11H,1-3H3. The minimum absolute atomic E-state index is 0.147. The number of nitro groups is 1. The Hall–Kier alpha value is -3.20. The van der Waals surface area contributed by atoms with Gasteiger partial charge in [0.15, 0.2) is 5.16 Å². The monoisotopic (exact) mass is 383 g/mol. The van der Waals surface area contributed by atoms with Crippen molar-refractivity contribution in [3.8, 4) is 0 Å². The van der Waals surface area contributed by atoms with Crippen LogP contribution in [-0.4, -0.2) is 32.6 Å². The number of hydrogen-bond acceptors (Lipinski definition) is 6. The van der Waals surface area contributed by atoms with Crippen LogP contribution in [0.3, 0.4) is 0 Å². The summed E-state index contributed by atoms with van der Waals surface area (Å²) in [6, 6.07) is 11.9. The molecule has 2 aromatic carbocycles. The lowest BCUT2D eigenvalue weighted by Gasteiger charge is -2.17. The molecule has 8 nitrogen and oxygen atoms in total. The van der Waals surface area contributed by atoms with E-state index in [9.17, 15) is 14.9 Å². The van der Waals surface area contributed by atoms with Gasteiger partial charge in [-0.2, -0.15) is 0 Å². The molecule has 0 bridgehead atoms. The third-order valence-electron chi connectivity index (χ3n) is 4.00. The van der Waals surface area contributed by atoms with Gasteiger partial charge < -0.3 is 9.47 Å². The highest BCUT2D eigenvalue weighted by Gasteiger charge is 2.22. The Morgan fingerprint density at radius 1 is 1.22 bits per heavy atom. The van der Waals surface area contributed by atoms with Crippen LogP contribution in [0.15, 0.2) is 58.8 Å². The predicted octanol–water partition coefficient (Wildman–Crippen LogP) is 3.46. The summed E-state index contributed by atoms with van der Waals surface area (Å²) in [5.41, 5.74) is 1.89. The first kappa shape index (κ1) is 18.6. The van der Waals surface area contributed by atoms with Crippen LogP contribution >= 0.6 is 11.8 Å². The zero-order chi connectivity index (χ0) is 19.6. The van der Waals surface area contributed by atoms with Gasteiger partial charge in [-0.05, 0) is 43.0 Å². The quantitative estimate of drug-likeness (QED) is 0.495. The molecule has 1 amide bonds. The zero-order valence-corrected chi connectivity index (χ0v) is 15.8. The maximum Gasteiger partial charge on any atom is 0.284 e. The van der Waals surface area contributed by atoms with Crippen molar-refractivity contribution in [2.24, 2.45) is 7.05 Å². The second kappa shape index (κ2) is 7.58. The Balaban J connectivity index is 1.91. The molecule has 3 aromatic rings. The first-order valence-electron chi connectivity index (χ1n) is 8.02. The normalized spacial score (nSPS) is 10.6. The molecule has 0 saturated carbocycles. The zero-order valence-electron chi connectivity index (χ0n) is 15.0. The molecule has 0 N–H and O–H groups in total. The Labute approximate surface area is 160 Å². The summed E-state index contributed by atoms with van der Waals surface area (Å²) in [5.74, 6) is -0.322. The molecule has 138 valence electrons. The molecule has 0 fully saturated rings. The molecular weight excluding hydrogens is 366 g/mol. The highest BCUT2D eigenvalue weighted by atomic mass is 32.2. The Morgan fingerprint density at radius 2 is 1.93 bits per heavy atom. The average molecular weight is 383 g/mol. The number of rotatable bonds is 5. The SMILES string of the molecule is Cc1ccc(N(C)C(=O)c2ccc(Sc3nncn3C)c([N+](=O)[O-])c2)cc1. The van der Waals surface area contributed by atoms with Crippen LogP contribution in [-0.2, 0) is 7.05 Å². The van der Waals surface area contributed by atoms with Crippen molar-refractivity contribution < 1.29 is 9.72 Å². The Morgan fingerprint density at radius 3 is 2.52 bits per heavy atom. The summed E-state index contributed by atoms with van der Waals surface area (Å²) in [4.78, 5) is 25.6. The van der Waals surface area contributed by atoms with Crippen LogP contribution in [0.1, 0.15) is 15.9 Å². The number of aromatic nitrogens is 3. The van der Waals surface area contributed by atoms with Crippen LogP contribution in [0.4, 0.5) is 11.4 Å². The largest absolute Gasteiger partial charge is 0.311 e. The smallest absolute Gasteiger partial charge is 0.284 e. The maximum absolute atomic E-state index is 12.8.